The molecule has 0 atom stereocenters. The largest absolute Gasteiger partial charge is 0.310 e. The van der Waals surface area contributed by atoms with Crippen LogP contribution in [0.25, 0.3) is 11.1 Å². The van der Waals surface area contributed by atoms with Gasteiger partial charge in [-0.3, -0.25) is 4.68 Å². The lowest BCUT2D eigenvalue weighted by atomic mass is 10.1. The van der Waals surface area contributed by atoms with Gasteiger partial charge in [0, 0.05) is 35.9 Å². The van der Waals surface area contributed by atoms with Gasteiger partial charge < -0.3 is 5.32 Å². The van der Waals surface area contributed by atoms with Gasteiger partial charge >= 0.3 is 0 Å². The molecule has 1 aromatic heterocycles. The van der Waals surface area contributed by atoms with Crippen molar-refractivity contribution in [2.45, 2.75) is 38.9 Å². The van der Waals surface area contributed by atoms with Gasteiger partial charge in [0.25, 0.3) is 0 Å². The van der Waals surface area contributed by atoms with Crippen molar-refractivity contribution in [3.63, 3.8) is 0 Å². The minimum absolute atomic E-state index is 0.707. The lowest BCUT2D eigenvalue weighted by Crippen LogP contribution is -2.15. The van der Waals surface area contributed by atoms with Crippen LogP contribution in [0.1, 0.15) is 25.3 Å². The molecule has 1 fully saturated rings. The summed E-state index contributed by atoms with van der Waals surface area (Å²) in [5, 5.41) is 8.61. The van der Waals surface area contributed by atoms with E-state index in [1.807, 2.05) is 23.1 Å². The van der Waals surface area contributed by atoms with Crippen molar-refractivity contribution in [3.8, 4) is 11.1 Å². The average Bonchev–Trinajstić information content (AvgIpc) is 3.12. The summed E-state index contributed by atoms with van der Waals surface area (Å²) in [6, 6.07) is 6.96. The normalized spacial score (nSPS) is 14.8. The van der Waals surface area contributed by atoms with Crippen molar-refractivity contribution in [2.75, 3.05) is 0 Å². The third-order valence-electron chi connectivity index (χ3n) is 3.50. The molecule has 1 saturated carbocycles. The number of nitrogens with one attached hydrogen (secondary N) is 1. The van der Waals surface area contributed by atoms with Gasteiger partial charge in [-0.05, 0) is 37.0 Å². The van der Waals surface area contributed by atoms with Crippen LogP contribution in [-0.2, 0) is 13.1 Å². The molecule has 1 N–H and O–H groups in total. The Morgan fingerprint density at radius 1 is 1.37 bits per heavy atom. The molecule has 0 saturated heterocycles. The Morgan fingerprint density at radius 3 is 2.84 bits per heavy atom. The molecule has 19 heavy (non-hydrogen) atoms. The Labute approximate surface area is 118 Å². The molecule has 2 aromatic rings. The Balaban J connectivity index is 1.77. The lowest BCUT2D eigenvalue weighted by molar-refractivity contribution is 0.660. The van der Waals surface area contributed by atoms with Crippen LogP contribution >= 0.6 is 11.6 Å². The van der Waals surface area contributed by atoms with Crippen LogP contribution in [0.15, 0.2) is 30.6 Å². The summed E-state index contributed by atoms with van der Waals surface area (Å²) in [5.74, 6) is 0. The molecule has 1 aromatic carbocycles. The number of benzene rings is 1. The summed E-state index contributed by atoms with van der Waals surface area (Å²) in [5.41, 5.74) is 3.41. The molecule has 1 heterocycles. The molecule has 1 aliphatic carbocycles. The molecule has 0 amide bonds. The van der Waals surface area contributed by atoms with Gasteiger partial charge in [-0.15, -0.1) is 0 Å². The van der Waals surface area contributed by atoms with Crippen LogP contribution in [0.5, 0.6) is 0 Å². The number of hydrogen-bond donors (Lipinski definition) is 1. The maximum atomic E-state index is 6.36. The summed E-state index contributed by atoms with van der Waals surface area (Å²) >= 11 is 6.36. The van der Waals surface area contributed by atoms with Crippen molar-refractivity contribution < 1.29 is 0 Å². The van der Waals surface area contributed by atoms with E-state index in [-0.39, 0.29) is 0 Å². The Kier molecular flexibility index (Phi) is 3.58. The van der Waals surface area contributed by atoms with E-state index >= 15 is 0 Å². The fraction of sp³-hybridized carbons (Fsp3) is 0.400. The van der Waals surface area contributed by atoms with Gasteiger partial charge in [-0.25, -0.2) is 0 Å². The number of rotatable bonds is 5. The SMILES string of the molecule is CCn1cc(-c2ccc(CNC3CC3)c(Cl)c2)cn1. The number of aromatic nitrogens is 2. The third-order valence-corrected chi connectivity index (χ3v) is 3.85. The lowest BCUT2D eigenvalue weighted by Gasteiger charge is -2.07. The summed E-state index contributed by atoms with van der Waals surface area (Å²) in [6.07, 6.45) is 6.53. The molecule has 0 aliphatic heterocycles. The standard InChI is InChI=1S/C15H18ClN3/c1-2-19-10-13(9-18-19)11-3-4-12(15(16)7-11)8-17-14-5-6-14/h3-4,7,9-10,14,17H,2,5-6,8H2,1H3. The monoisotopic (exact) mass is 275 g/mol. The van der Waals surface area contributed by atoms with Crippen molar-refractivity contribution >= 4 is 11.6 Å². The Hall–Kier alpha value is -1.32. The van der Waals surface area contributed by atoms with Crippen LogP contribution in [0.4, 0.5) is 0 Å². The highest BCUT2D eigenvalue weighted by molar-refractivity contribution is 6.31. The van der Waals surface area contributed by atoms with E-state index in [4.69, 9.17) is 11.6 Å². The maximum absolute atomic E-state index is 6.36. The Bertz CT molecular complexity index is 573. The van der Waals surface area contributed by atoms with E-state index < -0.39 is 0 Å². The summed E-state index contributed by atoms with van der Waals surface area (Å²) in [6.45, 7) is 3.82. The smallest absolute Gasteiger partial charge is 0.0568 e. The molecule has 0 spiro atoms. The van der Waals surface area contributed by atoms with E-state index in [2.05, 4.69) is 29.5 Å². The van der Waals surface area contributed by atoms with Gasteiger partial charge in [0.1, 0.15) is 0 Å². The first kappa shape index (κ1) is 12.7. The molecular weight excluding hydrogens is 258 g/mol. The number of nitrogens with zero attached hydrogens (tertiary/aromatic N) is 2. The van der Waals surface area contributed by atoms with E-state index in [0.29, 0.717) is 6.04 Å². The zero-order valence-electron chi connectivity index (χ0n) is 11.1. The number of aryl methyl sites for hydroxylation is 1. The van der Waals surface area contributed by atoms with Crippen molar-refractivity contribution in [1.29, 1.82) is 0 Å². The molecule has 3 rings (SSSR count). The fourth-order valence-corrected chi connectivity index (χ4v) is 2.34. The predicted octanol–water partition coefficient (Wildman–Crippen LogP) is 3.48. The highest BCUT2D eigenvalue weighted by Gasteiger charge is 2.20. The Morgan fingerprint density at radius 2 is 2.21 bits per heavy atom. The molecule has 1 aliphatic rings. The van der Waals surface area contributed by atoms with Gasteiger partial charge in [-0.2, -0.15) is 5.10 Å². The highest BCUT2D eigenvalue weighted by atomic mass is 35.5. The second kappa shape index (κ2) is 5.35. The first-order valence-corrected chi connectivity index (χ1v) is 7.18. The molecule has 3 nitrogen and oxygen atoms in total. The third kappa shape index (κ3) is 2.99. The van der Waals surface area contributed by atoms with Crippen LogP contribution < -0.4 is 5.32 Å². The number of hydrogen-bond acceptors (Lipinski definition) is 2. The molecule has 0 bridgehead atoms. The van der Waals surface area contributed by atoms with Crippen LogP contribution in [-0.4, -0.2) is 15.8 Å². The van der Waals surface area contributed by atoms with Crippen molar-refractivity contribution in [3.05, 3.63) is 41.2 Å². The van der Waals surface area contributed by atoms with Crippen molar-refractivity contribution in [2.24, 2.45) is 0 Å². The first-order chi connectivity index (χ1) is 9.26. The summed E-state index contributed by atoms with van der Waals surface area (Å²) < 4.78 is 1.92. The minimum atomic E-state index is 0.707. The van der Waals surface area contributed by atoms with Gasteiger partial charge in [0.15, 0.2) is 0 Å². The molecule has 0 unspecified atom stereocenters. The van der Waals surface area contributed by atoms with Crippen molar-refractivity contribution in [1.82, 2.24) is 15.1 Å². The topological polar surface area (TPSA) is 29.9 Å². The fourth-order valence-electron chi connectivity index (χ4n) is 2.10. The molecule has 4 heteroatoms. The van der Waals surface area contributed by atoms with E-state index in [9.17, 15) is 0 Å². The van der Waals surface area contributed by atoms with Crippen LogP contribution in [0.2, 0.25) is 5.02 Å². The van der Waals surface area contributed by atoms with E-state index in [0.717, 1.165) is 29.2 Å². The summed E-state index contributed by atoms with van der Waals surface area (Å²) in [7, 11) is 0. The van der Waals surface area contributed by atoms with E-state index in [1.165, 1.54) is 18.4 Å². The minimum Gasteiger partial charge on any atom is -0.310 e. The quantitative estimate of drug-likeness (QED) is 0.905. The second-order valence-corrected chi connectivity index (χ2v) is 5.45. The average molecular weight is 276 g/mol. The van der Waals surface area contributed by atoms with Gasteiger partial charge in [0.2, 0.25) is 0 Å². The van der Waals surface area contributed by atoms with Crippen LogP contribution in [0, 0.1) is 0 Å². The van der Waals surface area contributed by atoms with E-state index in [1.54, 1.807) is 0 Å². The molecule has 0 radical (unpaired) electrons. The molecule has 100 valence electrons. The van der Waals surface area contributed by atoms with Gasteiger partial charge in [0.05, 0.1) is 6.20 Å². The zero-order valence-corrected chi connectivity index (χ0v) is 11.8. The predicted molar refractivity (Wildman–Crippen MR) is 78.2 cm³/mol. The second-order valence-electron chi connectivity index (χ2n) is 5.05. The van der Waals surface area contributed by atoms with Crippen LogP contribution in [0.3, 0.4) is 0 Å². The maximum Gasteiger partial charge on any atom is 0.0568 e. The zero-order chi connectivity index (χ0) is 13.2. The first-order valence-electron chi connectivity index (χ1n) is 6.81. The highest BCUT2D eigenvalue weighted by Crippen LogP contribution is 2.26. The van der Waals surface area contributed by atoms with Gasteiger partial charge in [-0.1, -0.05) is 23.7 Å². The summed E-state index contributed by atoms with van der Waals surface area (Å²) in [4.78, 5) is 0. The number of halogens is 1. The molecular formula is C15H18ClN3.